The first kappa shape index (κ1) is 20.2. The zero-order valence-electron chi connectivity index (χ0n) is 14.5. The second kappa shape index (κ2) is 10.1. The quantitative estimate of drug-likeness (QED) is 0.376. The molecule has 0 fully saturated rings. The zero-order chi connectivity index (χ0) is 17.5. The lowest BCUT2D eigenvalue weighted by Gasteiger charge is -2.10. The molecule has 0 bridgehead atoms. The van der Waals surface area contributed by atoms with Gasteiger partial charge in [-0.3, -0.25) is 0 Å². The summed E-state index contributed by atoms with van der Waals surface area (Å²) in [5.41, 5.74) is 2.34. The summed E-state index contributed by atoms with van der Waals surface area (Å²) in [6.45, 7) is 5.32. The van der Waals surface area contributed by atoms with E-state index in [4.69, 9.17) is 4.74 Å². The minimum atomic E-state index is -0.562. The van der Waals surface area contributed by atoms with Crippen molar-refractivity contribution in [2.24, 2.45) is 0 Å². The molecule has 0 amide bonds. The Morgan fingerprint density at radius 2 is 1.85 bits per heavy atom. The number of aliphatic hydroxyl groups excluding tert-OH is 1. The van der Waals surface area contributed by atoms with E-state index in [-0.39, 0.29) is 30.6 Å². The van der Waals surface area contributed by atoms with Crippen LogP contribution in [0.5, 0.6) is 5.75 Å². The van der Waals surface area contributed by atoms with E-state index >= 15 is 0 Å². The van der Waals surface area contributed by atoms with Gasteiger partial charge < -0.3 is 33.8 Å². The van der Waals surface area contributed by atoms with E-state index in [1.807, 2.05) is 59.7 Å². The van der Waals surface area contributed by atoms with Crippen LogP contribution in [0.15, 0.2) is 79.9 Å². The molecule has 5 heteroatoms. The van der Waals surface area contributed by atoms with Crippen molar-refractivity contribution >= 4 is 6.08 Å². The molecular weight excluding hydrogens is 439 g/mol. The minimum Gasteiger partial charge on any atom is -1.00 e. The number of aliphatic hydroxyl groups is 1. The van der Waals surface area contributed by atoms with Crippen molar-refractivity contribution in [2.75, 3.05) is 6.61 Å². The van der Waals surface area contributed by atoms with Crippen molar-refractivity contribution in [2.45, 2.75) is 19.2 Å². The normalized spacial score (nSPS) is 11.4. The van der Waals surface area contributed by atoms with E-state index in [0.29, 0.717) is 6.54 Å². The fraction of sp³-hybridized carbons (Fsp3) is 0.190. The fourth-order valence-corrected chi connectivity index (χ4v) is 2.62. The third-order valence-electron chi connectivity index (χ3n) is 3.93. The van der Waals surface area contributed by atoms with Crippen molar-refractivity contribution in [3.63, 3.8) is 0 Å². The molecule has 1 N–H and O–H groups in total. The summed E-state index contributed by atoms with van der Waals surface area (Å²) in [5, 5.41) is 10.2. The van der Waals surface area contributed by atoms with Crippen LogP contribution in [0.4, 0.5) is 0 Å². The van der Waals surface area contributed by atoms with Crippen molar-refractivity contribution in [1.29, 1.82) is 0 Å². The average Bonchev–Trinajstić information content (AvgIpc) is 3.08. The fourth-order valence-electron chi connectivity index (χ4n) is 2.62. The van der Waals surface area contributed by atoms with E-state index in [0.717, 1.165) is 17.9 Å². The Labute approximate surface area is 171 Å². The highest BCUT2D eigenvalue weighted by Crippen LogP contribution is 2.09. The molecule has 1 unspecified atom stereocenters. The average molecular weight is 462 g/mol. The Morgan fingerprint density at radius 1 is 1.12 bits per heavy atom. The van der Waals surface area contributed by atoms with Crippen LogP contribution in [-0.4, -0.2) is 22.4 Å². The highest BCUT2D eigenvalue weighted by molar-refractivity contribution is 5.47. The molecule has 26 heavy (non-hydrogen) atoms. The summed E-state index contributed by atoms with van der Waals surface area (Å²) in [6.07, 6.45) is 7.24. The minimum absolute atomic E-state index is 0. The molecule has 136 valence electrons. The Morgan fingerprint density at radius 3 is 2.54 bits per heavy atom. The molecule has 2 aromatic carbocycles. The molecule has 0 spiro atoms. The van der Waals surface area contributed by atoms with Crippen LogP contribution >= 0.6 is 0 Å². The van der Waals surface area contributed by atoms with Crippen LogP contribution < -0.4 is 33.3 Å². The van der Waals surface area contributed by atoms with E-state index in [1.165, 1.54) is 5.56 Å². The second-order valence-electron chi connectivity index (χ2n) is 6.01. The van der Waals surface area contributed by atoms with Crippen LogP contribution in [-0.2, 0) is 13.1 Å². The van der Waals surface area contributed by atoms with Gasteiger partial charge in [-0.1, -0.05) is 55.1 Å². The third-order valence-corrected chi connectivity index (χ3v) is 3.93. The summed E-state index contributed by atoms with van der Waals surface area (Å²) in [6, 6.07) is 17.9. The van der Waals surface area contributed by atoms with Gasteiger partial charge in [-0.25, -0.2) is 9.13 Å². The molecule has 0 radical (unpaired) electrons. The van der Waals surface area contributed by atoms with Gasteiger partial charge in [0, 0.05) is 0 Å². The van der Waals surface area contributed by atoms with Gasteiger partial charge >= 0.3 is 0 Å². The summed E-state index contributed by atoms with van der Waals surface area (Å²) in [5.74, 6) is 0.770. The third kappa shape index (κ3) is 6.00. The largest absolute Gasteiger partial charge is 1.00 e. The highest BCUT2D eigenvalue weighted by atomic mass is 127. The molecule has 0 saturated carbocycles. The van der Waals surface area contributed by atoms with Gasteiger partial charge in [-0.15, -0.1) is 0 Å². The molecule has 0 aliphatic rings. The number of nitrogens with zero attached hydrogens (tertiary/aromatic N) is 2. The first-order valence-electron chi connectivity index (χ1n) is 8.35. The van der Waals surface area contributed by atoms with E-state index < -0.39 is 6.10 Å². The number of ether oxygens (including phenoxy) is 1. The number of halogens is 1. The topological polar surface area (TPSA) is 38.3 Å². The Balaban J connectivity index is 0.00000243. The van der Waals surface area contributed by atoms with Crippen LogP contribution in [0.25, 0.3) is 6.08 Å². The first-order valence-corrected chi connectivity index (χ1v) is 8.35. The molecule has 4 nitrogen and oxygen atoms in total. The smallest absolute Gasteiger partial charge is 0.244 e. The summed E-state index contributed by atoms with van der Waals surface area (Å²) in [7, 11) is 0. The predicted octanol–water partition coefficient (Wildman–Crippen LogP) is -0.0892. The number of hydrogen-bond donors (Lipinski definition) is 1. The molecule has 1 aromatic heterocycles. The van der Waals surface area contributed by atoms with Gasteiger partial charge in [0.2, 0.25) is 6.33 Å². The van der Waals surface area contributed by atoms with Gasteiger partial charge in [0.25, 0.3) is 0 Å². The number of aromatic nitrogens is 2. The van der Waals surface area contributed by atoms with E-state index in [1.54, 1.807) is 0 Å². The van der Waals surface area contributed by atoms with Crippen molar-refractivity contribution in [3.8, 4) is 5.75 Å². The summed E-state index contributed by atoms with van der Waals surface area (Å²) in [4.78, 5) is 0. The first-order chi connectivity index (χ1) is 12.2. The van der Waals surface area contributed by atoms with E-state index in [2.05, 4.69) is 35.4 Å². The molecule has 3 rings (SSSR count). The maximum atomic E-state index is 10.2. The van der Waals surface area contributed by atoms with Crippen LogP contribution in [0, 0.1) is 0 Å². The lowest BCUT2D eigenvalue weighted by Crippen LogP contribution is -3.00. The maximum Gasteiger partial charge on any atom is 0.244 e. The van der Waals surface area contributed by atoms with Gasteiger partial charge in [-0.05, 0) is 23.3 Å². The van der Waals surface area contributed by atoms with Gasteiger partial charge in [0.15, 0.2) is 0 Å². The molecule has 1 atom stereocenters. The lowest BCUT2D eigenvalue weighted by atomic mass is 10.1. The van der Waals surface area contributed by atoms with Gasteiger partial charge in [0.1, 0.15) is 43.9 Å². The van der Waals surface area contributed by atoms with Crippen molar-refractivity contribution < 1.29 is 38.4 Å². The molecule has 0 aliphatic carbocycles. The Kier molecular flexibility index (Phi) is 7.87. The van der Waals surface area contributed by atoms with E-state index in [9.17, 15) is 5.11 Å². The number of para-hydroxylation sites is 1. The van der Waals surface area contributed by atoms with Gasteiger partial charge in [-0.2, -0.15) is 0 Å². The SMILES string of the molecule is C=Cc1ccc(C[n+]2ccn(CC(O)COc3ccccc3)c2)cc1.[I-]. The van der Waals surface area contributed by atoms with Crippen molar-refractivity contribution in [3.05, 3.63) is 91.0 Å². The number of rotatable bonds is 8. The maximum absolute atomic E-state index is 10.2. The van der Waals surface area contributed by atoms with Gasteiger partial charge in [0.05, 0.1) is 0 Å². The number of hydrogen-bond acceptors (Lipinski definition) is 2. The monoisotopic (exact) mass is 462 g/mol. The molecular formula is C21H23IN2O2. The van der Waals surface area contributed by atoms with Crippen molar-refractivity contribution in [1.82, 2.24) is 4.57 Å². The molecule has 3 aromatic rings. The Hall–Kier alpha value is -2.12. The Bertz CT molecular complexity index is 800. The van der Waals surface area contributed by atoms with Crippen LogP contribution in [0.2, 0.25) is 0 Å². The lowest BCUT2D eigenvalue weighted by molar-refractivity contribution is -0.687. The second-order valence-corrected chi connectivity index (χ2v) is 6.01. The zero-order valence-corrected chi connectivity index (χ0v) is 16.7. The summed E-state index contributed by atoms with van der Waals surface area (Å²) < 4.78 is 9.65. The predicted molar refractivity (Wildman–Crippen MR) is 98.2 cm³/mol. The van der Waals surface area contributed by atoms with Crippen LogP contribution in [0.3, 0.4) is 0 Å². The standard InChI is InChI=1S/C21H23N2O2.HI/c1-2-18-8-10-19(11-9-18)14-22-12-13-23(17-22)15-20(24)16-25-21-6-4-3-5-7-21;/h2-13,17,20,24H,1,14-16H2;1H/q+1;/p-1. The number of benzene rings is 2. The molecule has 0 saturated heterocycles. The molecule has 0 aliphatic heterocycles. The van der Waals surface area contributed by atoms with Crippen LogP contribution in [0.1, 0.15) is 11.1 Å². The number of imidazole rings is 1. The highest BCUT2D eigenvalue weighted by Gasteiger charge is 2.12. The summed E-state index contributed by atoms with van der Waals surface area (Å²) >= 11 is 0. The molecule has 1 heterocycles.